The van der Waals surface area contributed by atoms with Gasteiger partial charge in [0.15, 0.2) is 0 Å². The lowest BCUT2D eigenvalue weighted by Gasteiger charge is -2.31. The Morgan fingerprint density at radius 3 is 2.79 bits per heavy atom. The zero-order valence-electron chi connectivity index (χ0n) is 13.2. The van der Waals surface area contributed by atoms with Gasteiger partial charge in [-0.25, -0.2) is 4.98 Å². The van der Waals surface area contributed by atoms with Crippen LogP contribution in [0.15, 0.2) is 47.4 Å². The molecule has 1 saturated heterocycles. The molecule has 4 heterocycles. The number of pyridine rings is 2. The molecule has 1 unspecified atom stereocenters. The molecule has 3 aromatic rings. The van der Waals surface area contributed by atoms with E-state index in [2.05, 4.69) is 25.0 Å². The SMILES string of the molecule is NC1CCCN(c2cc(-c3nc(-c4ccncc4)no3)ccn2)C1. The first-order valence-corrected chi connectivity index (χ1v) is 8.00. The molecule has 7 heteroatoms. The maximum Gasteiger partial charge on any atom is 0.258 e. The number of rotatable bonds is 3. The number of nitrogens with zero attached hydrogens (tertiary/aromatic N) is 5. The first-order valence-electron chi connectivity index (χ1n) is 8.00. The third kappa shape index (κ3) is 2.98. The Hall–Kier alpha value is -2.80. The van der Waals surface area contributed by atoms with Crippen LogP contribution in [0.5, 0.6) is 0 Å². The molecule has 1 atom stereocenters. The lowest BCUT2D eigenvalue weighted by molar-refractivity contribution is 0.432. The maximum atomic E-state index is 6.06. The van der Waals surface area contributed by atoms with Crippen LogP contribution in [0.1, 0.15) is 12.8 Å². The van der Waals surface area contributed by atoms with E-state index in [9.17, 15) is 0 Å². The van der Waals surface area contributed by atoms with Gasteiger partial charge < -0.3 is 15.2 Å². The van der Waals surface area contributed by atoms with Crippen LogP contribution >= 0.6 is 0 Å². The van der Waals surface area contributed by atoms with E-state index >= 15 is 0 Å². The third-order valence-electron chi connectivity index (χ3n) is 4.14. The van der Waals surface area contributed by atoms with Crippen molar-refractivity contribution in [2.75, 3.05) is 18.0 Å². The van der Waals surface area contributed by atoms with Gasteiger partial charge in [0.05, 0.1) is 0 Å². The molecule has 3 aromatic heterocycles. The lowest BCUT2D eigenvalue weighted by atomic mass is 10.1. The second-order valence-electron chi connectivity index (χ2n) is 5.91. The fourth-order valence-corrected chi connectivity index (χ4v) is 2.90. The molecule has 0 aromatic carbocycles. The van der Waals surface area contributed by atoms with Crippen molar-refractivity contribution in [1.29, 1.82) is 0 Å². The van der Waals surface area contributed by atoms with Crippen molar-refractivity contribution in [2.45, 2.75) is 18.9 Å². The standard InChI is InChI=1S/C17H18N6O/c18-14-2-1-9-23(11-14)15-10-13(5-8-20-15)17-21-16(22-24-17)12-3-6-19-7-4-12/h3-8,10,14H,1-2,9,11,18H2. The van der Waals surface area contributed by atoms with Crippen LogP contribution in [0.2, 0.25) is 0 Å². The molecule has 0 aliphatic carbocycles. The van der Waals surface area contributed by atoms with E-state index in [1.165, 1.54) is 0 Å². The van der Waals surface area contributed by atoms with E-state index in [-0.39, 0.29) is 6.04 Å². The summed E-state index contributed by atoms with van der Waals surface area (Å²) >= 11 is 0. The number of hydrogen-bond acceptors (Lipinski definition) is 7. The quantitative estimate of drug-likeness (QED) is 0.789. The summed E-state index contributed by atoms with van der Waals surface area (Å²) < 4.78 is 5.42. The van der Waals surface area contributed by atoms with Crippen LogP contribution in [0.4, 0.5) is 5.82 Å². The zero-order valence-corrected chi connectivity index (χ0v) is 13.2. The molecular formula is C17H18N6O. The van der Waals surface area contributed by atoms with Crippen molar-refractivity contribution in [3.8, 4) is 22.8 Å². The predicted octanol–water partition coefficient (Wildman–Crippen LogP) is 2.12. The van der Waals surface area contributed by atoms with E-state index in [1.807, 2.05) is 24.3 Å². The van der Waals surface area contributed by atoms with Gasteiger partial charge in [0.2, 0.25) is 5.82 Å². The van der Waals surface area contributed by atoms with Gasteiger partial charge in [-0.1, -0.05) is 5.16 Å². The van der Waals surface area contributed by atoms with Gasteiger partial charge in [0, 0.05) is 48.8 Å². The van der Waals surface area contributed by atoms with Crippen LogP contribution in [0, 0.1) is 0 Å². The highest BCUT2D eigenvalue weighted by Gasteiger charge is 2.19. The van der Waals surface area contributed by atoms with Gasteiger partial charge in [0.1, 0.15) is 5.82 Å². The summed E-state index contributed by atoms with van der Waals surface area (Å²) in [4.78, 5) is 15.1. The Labute approximate surface area is 139 Å². The minimum absolute atomic E-state index is 0.200. The molecule has 0 radical (unpaired) electrons. The molecule has 1 aliphatic heterocycles. The molecule has 1 aliphatic rings. The van der Waals surface area contributed by atoms with Gasteiger partial charge >= 0.3 is 0 Å². The highest BCUT2D eigenvalue weighted by molar-refractivity contribution is 5.62. The molecule has 4 rings (SSSR count). The highest BCUT2D eigenvalue weighted by atomic mass is 16.5. The third-order valence-corrected chi connectivity index (χ3v) is 4.14. The molecule has 0 bridgehead atoms. The Balaban J connectivity index is 1.61. The Morgan fingerprint density at radius 1 is 1.12 bits per heavy atom. The first kappa shape index (κ1) is 14.8. The van der Waals surface area contributed by atoms with E-state index in [1.54, 1.807) is 18.6 Å². The summed E-state index contributed by atoms with van der Waals surface area (Å²) in [7, 11) is 0. The fourth-order valence-electron chi connectivity index (χ4n) is 2.90. The molecule has 0 spiro atoms. The van der Waals surface area contributed by atoms with Crippen molar-refractivity contribution in [3.05, 3.63) is 42.9 Å². The van der Waals surface area contributed by atoms with Gasteiger partial charge in [-0.15, -0.1) is 0 Å². The van der Waals surface area contributed by atoms with Gasteiger partial charge in [-0.05, 0) is 37.1 Å². The van der Waals surface area contributed by atoms with Crippen molar-refractivity contribution >= 4 is 5.82 Å². The molecule has 24 heavy (non-hydrogen) atoms. The van der Waals surface area contributed by atoms with E-state index in [0.29, 0.717) is 11.7 Å². The maximum absolute atomic E-state index is 6.06. The summed E-state index contributed by atoms with van der Waals surface area (Å²) in [6.45, 7) is 1.79. The summed E-state index contributed by atoms with van der Waals surface area (Å²) in [6, 6.07) is 7.74. The molecule has 0 saturated carbocycles. The second-order valence-corrected chi connectivity index (χ2v) is 5.91. The average molecular weight is 322 g/mol. The molecule has 1 fully saturated rings. The number of nitrogens with two attached hydrogens (primary N) is 1. The topological polar surface area (TPSA) is 94.0 Å². The zero-order chi connectivity index (χ0) is 16.4. The first-order chi connectivity index (χ1) is 11.8. The van der Waals surface area contributed by atoms with Crippen molar-refractivity contribution < 1.29 is 4.52 Å². The molecule has 7 nitrogen and oxygen atoms in total. The Bertz CT molecular complexity index is 819. The lowest BCUT2D eigenvalue weighted by Crippen LogP contribution is -2.43. The normalized spacial score (nSPS) is 17.9. The second kappa shape index (κ2) is 6.37. The van der Waals surface area contributed by atoms with Crippen molar-refractivity contribution in [1.82, 2.24) is 20.1 Å². The van der Waals surface area contributed by atoms with E-state index in [4.69, 9.17) is 10.3 Å². The molecular weight excluding hydrogens is 304 g/mol. The highest BCUT2D eigenvalue weighted by Crippen LogP contribution is 2.25. The van der Waals surface area contributed by atoms with Crippen LogP contribution in [-0.2, 0) is 0 Å². The minimum Gasteiger partial charge on any atom is -0.355 e. The largest absolute Gasteiger partial charge is 0.355 e. The average Bonchev–Trinajstić information content (AvgIpc) is 3.13. The van der Waals surface area contributed by atoms with E-state index in [0.717, 1.165) is 42.9 Å². The van der Waals surface area contributed by atoms with Crippen molar-refractivity contribution in [3.63, 3.8) is 0 Å². The Morgan fingerprint density at radius 2 is 1.96 bits per heavy atom. The number of piperidine rings is 1. The molecule has 122 valence electrons. The van der Waals surface area contributed by atoms with Crippen molar-refractivity contribution in [2.24, 2.45) is 5.73 Å². The van der Waals surface area contributed by atoms with Crippen LogP contribution in [-0.4, -0.2) is 39.2 Å². The van der Waals surface area contributed by atoms with Gasteiger partial charge in [-0.3, -0.25) is 4.98 Å². The summed E-state index contributed by atoms with van der Waals surface area (Å²) in [6.07, 6.45) is 7.32. The van der Waals surface area contributed by atoms with Crippen LogP contribution in [0.3, 0.4) is 0 Å². The van der Waals surface area contributed by atoms with Crippen LogP contribution < -0.4 is 10.6 Å². The number of aromatic nitrogens is 4. The number of anilines is 1. The summed E-state index contributed by atoms with van der Waals surface area (Å²) in [5, 5.41) is 4.05. The monoisotopic (exact) mass is 322 g/mol. The minimum atomic E-state index is 0.200. The summed E-state index contributed by atoms with van der Waals surface area (Å²) in [5.74, 6) is 1.92. The Kier molecular flexibility index (Phi) is 3.92. The fraction of sp³-hybridized carbons (Fsp3) is 0.294. The summed E-state index contributed by atoms with van der Waals surface area (Å²) in [5.41, 5.74) is 7.79. The van der Waals surface area contributed by atoms with E-state index < -0.39 is 0 Å². The predicted molar refractivity (Wildman–Crippen MR) is 90.2 cm³/mol. The number of hydrogen-bond donors (Lipinski definition) is 1. The van der Waals surface area contributed by atoms with Crippen LogP contribution in [0.25, 0.3) is 22.8 Å². The van der Waals surface area contributed by atoms with Gasteiger partial charge in [-0.2, -0.15) is 4.98 Å². The molecule has 0 amide bonds. The van der Waals surface area contributed by atoms with Gasteiger partial charge in [0.25, 0.3) is 5.89 Å². The molecule has 2 N–H and O–H groups in total. The smallest absolute Gasteiger partial charge is 0.258 e.